The first-order valence-corrected chi connectivity index (χ1v) is 6.35. The van der Waals surface area contributed by atoms with E-state index in [9.17, 15) is 4.79 Å². The predicted octanol–water partition coefficient (Wildman–Crippen LogP) is 1.22. The van der Waals surface area contributed by atoms with Crippen molar-refractivity contribution in [2.45, 2.75) is 19.4 Å². The highest BCUT2D eigenvalue weighted by atomic mass is 16.5. The second-order valence-electron chi connectivity index (χ2n) is 4.32. The number of nitrogens with zero attached hydrogens (tertiary/aromatic N) is 4. The fraction of sp³-hybridized carbons (Fsp3) is 0.385. The molecule has 8 nitrogen and oxygen atoms in total. The normalized spacial score (nSPS) is 10.4. The van der Waals surface area contributed by atoms with E-state index in [2.05, 4.69) is 15.5 Å². The van der Waals surface area contributed by atoms with E-state index in [0.29, 0.717) is 30.3 Å². The Morgan fingerprint density at radius 2 is 1.90 bits per heavy atom. The Labute approximate surface area is 121 Å². The number of benzene rings is 1. The van der Waals surface area contributed by atoms with Gasteiger partial charge in [0.15, 0.2) is 5.82 Å². The topological polar surface area (TPSA) is 99.4 Å². The first-order chi connectivity index (χ1) is 10.1. The van der Waals surface area contributed by atoms with Crippen LogP contribution in [0.25, 0.3) is 11.4 Å². The maximum atomic E-state index is 10.6. The summed E-state index contributed by atoms with van der Waals surface area (Å²) in [5.74, 6) is 0.958. The zero-order valence-electron chi connectivity index (χ0n) is 11.8. The third kappa shape index (κ3) is 3.68. The highest BCUT2D eigenvalue weighted by Crippen LogP contribution is 2.28. The lowest BCUT2D eigenvalue weighted by molar-refractivity contribution is -0.137. The van der Waals surface area contributed by atoms with Crippen molar-refractivity contribution in [1.29, 1.82) is 0 Å². The molecule has 112 valence electrons. The third-order valence-corrected chi connectivity index (χ3v) is 2.90. The Balaban J connectivity index is 2.25. The molecule has 0 aliphatic heterocycles. The van der Waals surface area contributed by atoms with E-state index in [0.717, 1.165) is 5.56 Å². The summed E-state index contributed by atoms with van der Waals surface area (Å²) in [6.45, 7) is 0.425. The molecule has 2 aromatic rings. The van der Waals surface area contributed by atoms with Gasteiger partial charge in [-0.25, -0.2) is 4.68 Å². The largest absolute Gasteiger partial charge is 0.497 e. The fourth-order valence-electron chi connectivity index (χ4n) is 1.88. The average molecular weight is 292 g/mol. The van der Waals surface area contributed by atoms with Crippen LogP contribution >= 0.6 is 0 Å². The van der Waals surface area contributed by atoms with Gasteiger partial charge in [0.2, 0.25) is 0 Å². The summed E-state index contributed by atoms with van der Waals surface area (Å²) in [6.07, 6.45) is 0.523. The van der Waals surface area contributed by atoms with E-state index >= 15 is 0 Å². The first kappa shape index (κ1) is 14.8. The fourth-order valence-corrected chi connectivity index (χ4v) is 1.88. The van der Waals surface area contributed by atoms with Crippen molar-refractivity contribution >= 4 is 5.97 Å². The van der Waals surface area contributed by atoms with E-state index in [1.165, 1.54) is 0 Å². The number of aliphatic carboxylic acids is 1. The Morgan fingerprint density at radius 3 is 2.48 bits per heavy atom. The third-order valence-electron chi connectivity index (χ3n) is 2.90. The highest BCUT2D eigenvalue weighted by Gasteiger charge is 2.12. The first-order valence-electron chi connectivity index (χ1n) is 6.35. The Hall–Kier alpha value is -2.64. The van der Waals surface area contributed by atoms with Gasteiger partial charge in [0.25, 0.3) is 0 Å². The number of aromatic nitrogens is 4. The molecular weight excluding hydrogens is 276 g/mol. The van der Waals surface area contributed by atoms with Gasteiger partial charge in [0, 0.05) is 24.6 Å². The summed E-state index contributed by atoms with van der Waals surface area (Å²) in [5, 5.41) is 20.2. The smallest absolute Gasteiger partial charge is 0.303 e. The van der Waals surface area contributed by atoms with Gasteiger partial charge in [-0.3, -0.25) is 4.79 Å². The number of hydrogen-bond donors (Lipinski definition) is 1. The van der Waals surface area contributed by atoms with Crippen LogP contribution in [0.4, 0.5) is 0 Å². The molecule has 1 aromatic carbocycles. The number of carbonyl (C=O) groups is 1. The molecule has 0 saturated carbocycles. The summed E-state index contributed by atoms with van der Waals surface area (Å²) in [7, 11) is 3.13. The van der Waals surface area contributed by atoms with Gasteiger partial charge >= 0.3 is 5.97 Å². The maximum Gasteiger partial charge on any atom is 0.303 e. The Bertz CT molecular complexity index is 604. The predicted molar refractivity (Wildman–Crippen MR) is 73.2 cm³/mol. The molecule has 0 unspecified atom stereocenters. The monoisotopic (exact) mass is 292 g/mol. The van der Waals surface area contributed by atoms with Crippen molar-refractivity contribution in [3.63, 3.8) is 0 Å². The molecule has 0 radical (unpaired) electrons. The summed E-state index contributed by atoms with van der Waals surface area (Å²) in [5.41, 5.74) is 0.742. The highest BCUT2D eigenvalue weighted by molar-refractivity contribution is 5.66. The summed E-state index contributed by atoms with van der Waals surface area (Å²) in [4.78, 5) is 10.6. The number of hydrogen-bond acceptors (Lipinski definition) is 6. The molecule has 1 aromatic heterocycles. The molecule has 1 heterocycles. The van der Waals surface area contributed by atoms with Crippen LogP contribution in [-0.4, -0.2) is 45.5 Å². The molecule has 0 aliphatic rings. The molecule has 8 heteroatoms. The van der Waals surface area contributed by atoms with Crippen LogP contribution in [0.5, 0.6) is 11.5 Å². The number of aryl methyl sites for hydroxylation is 1. The molecular formula is C13H16N4O4. The van der Waals surface area contributed by atoms with Crippen molar-refractivity contribution in [2.75, 3.05) is 14.2 Å². The maximum absolute atomic E-state index is 10.6. The molecule has 0 bridgehead atoms. The van der Waals surface area contributed by atoms with Gasteiger partial charge in [-0.05, 0) is 29.0 Å². The van der Waals surface area contributed by atoms with E-state index < -0.39 is 5.97 Å². The zero-order valence-corrected chi connectivity index (χ0v) is 11.8. The van der Waals surface area contributed by atoms with Crippen LogP contribution in [0.3, 0.4) is 0 Å². The molecule has 0 amide bonds. The number of ether oxygens (including phenoxy) is 2. The van der Waals surface area contributed by atoms with Crippen LogP contribution in [0.15, 0.2) is 18.2 Å². The van der Waals surface area contributed by atoms with Gasteiger partial charge < -0.3 is 14.6 Å². The van der Waals surface area contributed by atoms with Crippen LogP contribution in [0.1, 0.15) is 12.8 Å². The van der Waals surface area contributed by atoms with Gasteiger partial charge in [-0.15, -0.1) is 5.10 Å². The second kappa shape index (κ2) is 6.69. The van der Waals surface area contributed by atoms with Gasteiger partial charge in [0.1, 0.15) is 11.5 Å². The lowest BCUT2D eigenvalue weighted by Gasteiger charge is -2.08. The van der Waals surface area contributed by atoms with E-state index in [-0.39, 0.29) is 6.42 Å². The molecule has 0 atom stereocenters. The minimum absolute atomic E-state index is 0.0702. The quantitative estimate of drug-likeness (QED) is 0.819. The molecule has 1 N–H and O–H groups in total. The molecule has 0 fully saturated rings. The van der Waals surface area contributed by atoms with Crippen molar-refractivity contribution in [1.82, 2.24) is 20.2 Å². The van der Waals surface area contributed by atoms with Crippen molar-refractivity contribution in [3.05, 3.63) is 18.2 Å². The molecule has 0 spiro atoms. The van der Waals surface area contributed by atoms with Crippen LogP contribution in [0, 0.1) is 0 Å². The molecule has 2 rings (SSSR count). The zero-order chi connectivity index (χ0) is 15.2. The minimum Gasteiger partial charge on any atom is -0.497 e. The molecule has 0 saturated heterocycles. The van der Waals surface area contributed by atoms with Crippen LogP contribution in [-0.2, 0) is 11.3 Å². The summed E-state index contributed by atoms with van der Waals surface area (Å²) < 4.78 is 12.0. The van der Waals surface area contributed by atoms with Crippen molar-refractivity contribution in [3.8, 4) is 22.9 Å². The lowest BCUT2D eigenvalue weighted by atomic mass is 10.2. The van der Waals surface area contributed by atoms with Crippen LogP contribution in [0.2, 0.25) is 0 Å². The van der Waals surface area contributed by atoms with E-state index in [1.807, 2.05) is 0 Å². The number of carboxylic acids is 1. The lowest BCUT2D eigenvalue weighted by Crippen LogP contribution is -2.05. The number of tetrazole rings is 1. The van der Waals surface area contributed by atoms with Crippen molar-refractivity contribution in [2.24, 2.45) is 0 Å². The van der Waals surface area contributed by atoms with Gasteiger partial charge in [-0.1, -0.05) is 0 Å². The second-order valence-corrected chi connectivity index (χ2v) is 4.32. The average Bonchev–Trinajstić information content (AvgIpc) is 2.94. The molecule has 0 aliphatic carbocycles. The standard InChI is InChI=1S/C13H16N4O4/c1-20-10-6-9(7-11(8-10)21-2)13-14-15-16-17(13)5-3-4-12(18)19/h6-8H,3-5H2,1-2H3,(H,18,19). The number of rotatable bonds is 7. The molecule has 21 heavy (non-hydrogen) atoms. The minimum atomic E-state index is -0.840. The van der Waals surface area contributed by atoms with E-state index in [4.69, 9.17) is 14.6 Å². The van der Waals surface area contributed by atoms with Crippen molar-refractivity contribution < 1.29 is 19.4 Å². The summed E-state index contributed by atoms with van der Waals surface area (Å²) in [6, 6.07) is 5.34. The van der Waals surface area contributed by atoms with Gasteiger partial charge in [-0.2, -0.15) is 0 Å². The van der Waals surface area contributed by atoms with Crippen LogP contribution < -0.4 is 9.47 Å². The Kier molecular flexibility index (Phi) is 4.70. The summed E-state index contributed by atoms with van der Waals surface area (Å²) >= 11 is 0. The SMILES string of the molecule is COc1cc(OC)cc(-c2nnnn2CCCC(=O)O)c1. The number of carboxylic acid groups (broad SMARTS) is 1. The van der Waals surface area contributed by atoms with Gasteiger partial charge in [0.05, 0.1) is 14.2 Å². The number of methoxy groups -OCH3 is 2. The Morgan fingerprint density at radius 1 is 1.24 bits per heavy atom. The van der Waals surface area contributed by atoms with E-state index in [1.54, 1.807) is 37.1 Å².